The van der Waals surface area contributed by atoms with Crippen molar-refractivity contribution < 1.29 is 27.5 Å². The summed E-state index contributed by atoms with van der Waals surface area (Å²) >= 11 is 3.48. The molecule has 0 bridgehead atoms. The van der Waals surface area contributed by atoms with Crippen molar-refractivity contribution in [2.24, 2.45) is 0 Å². The highest BCUT2D eigenvalue weighted by Gasteiger charge is 2.34. The molecule has 4 rings (SSSR count). The Balaban J connectivity index is 1.74. The van der Waals surface area contributed by atoms with Crippen LogP contribution in [0.2, 0.25) is 0 Å². The molecule has 41 heavy (non-hydrogen) atoms. The normalized spacial score (nSPS) is 13.2. The predicted octanol–water partition coefficient (Wildman–Crippen LogP) is 4.15. The van der Waals surface area contributed by atoms with Crippen LogP contribution in [-0.2, 0) is 32.6 Å². The molecule has 0 saturated carbocycles. The largest absolute Gasteiger partial charge is 0.486 e. The summed E-state index contributed by atoms with van der Waals surface area (Å²) in [4.78, 5) is 29.1. The summed E-state index contributed by atoms with van der Waals surface area (Å²) in [6.45, 7) is 4.07. The SMILES string of the molecule is CCNC(=O)[C@@H](Cc1ccccc1)N(Cc1cccc(Br)c1)C(=O)CN(c1ccc2c(c1)OCCO2)S(=O)(=O)CC. The van der Waals surface area contributed by atoms with E-state index in [0.717, 1.165) is 19.9 Å². The van der Waals surface area contributed by atoms with E-state index >= 15 is 0 Å². The maximum Gasteiger partial charge on any atom is 0.244 e. The molecule has 1 aliphatic rings. The van der Waals surface area contributed by atoms with Crippen molar-refractivity contribution in [2.45, 2.75) is 32.9 Å². The Labute approximate surface area is 249 Å². The highest BCUT2D eigenvalue weighted by atomic mass is 79.9. The molecule has 11 heteroatoms. The zero-order valence-electron chi connectivity index (χ0n) is 23.1. The molecule has 2 amide bonds. The van der Waals surface area contributed by atoms with Crippen molar-refractivity contribution in [3.63, 3.8) is 0 Å². The second kappa shape index (κ2) is 13.9. The third-order valence-electron chi connectivity index (χ3n) is 6.66. The van der Waals surface area contributed by atoms with Gasteiger partial charge < -0.3 is 19.7 Å². The number of fused-ring (bicyclic) bond motifs is 1. The van der Waals surface area contributed by atoms with Gasteiger partial charge in [-0.15, -0.1) is 0 Å². The van der Waals surface area contributed by atoms with Gasteiger partial charge in [0.2, 0.25) is 21.8 Å². The Morgan fingerprint density at radius 1 is 0.927 bits per heavy atom. The summed E-state index contributed by atoms with van der Waals surface area (Å²) in [5, 5.41) is 2.85. The number of hydrogen-bond acceptors (Lipinski definition) is 6. The maximum atomic E-state index is 14.2. The summed E-state index contributed by atoms with van der Waals surface area (Å²) < 4.78 is 39.8. The number of carbonyl (C=O) groups is 2. The molecular formula is C30H34BrN3O6S. The minimum absolute atomic E-state index is 0.105. The molecule has 0 saturated heterocycles. The van der Waals surface area contributed by atoms with Gasteiger partial charge in [-0.05, 0) is 49.2 Å². The van der Waals surface area contributed by atoms with Crippen LogP contribution in [0.15, 0.2) is 77.3 Å². The van der Waals surface area contributed by atoms with E-state index in [2.05, 4.69) is 21.2 Å². The monoisotopic (exact) mass is 643 g/mol. The molecule has 1 heterocycles. The van der Waals surface area contributed by atoms with Gasteiger partial charge in [-0.1, -0.05) is 58.4 Å². The quantitative estimate of drug-likeness (QED) is 0.318. The average molecular weight is 645 g/mol. The second-order valence-electron chi connectivity index (χ2n) is 9.49. The number of sulfonamides is 1. The molecule has 218 valence electrons. The first-order valence-electron chi connectivity index (χ1n) is 13.5. The average Bonchev–Trinajstić information content (AvgIpc) is 2.98. The lowest BCUT2D eigenvalue weighted by molar-refractivity contribution is -0.140. The van der Waals surface area contributed by atoms with Crippen LogP contribution in [0.25, 0.3) is 0 Å². The number of likely N-dealkylation sites (N-methyl/N-ethyl adjacent to an activating group) is 1. The van der Waals surface area contributed by atoms with Gasteiger partial charge in [0, 0.05) is 30.0 Å². The van der Waals surface area contributed by atoms with Crippen molar-refractivity contribution in [2.75, 3.05) is 36.4 Å². The van der Waals surface area contributed by atoms with Crippen molar-refractivity contribution in [1.82, 2.24) is 10.2 Å². The molecule has 1 aliphatic heterocycles. The Morgan fingerprint density at radius 3 is 2.32 bits per heavy atom. The topological polar surface area (TPSA) is 105 Å². The van der Waals surface area contributed by atoms with Gasteiger partial charge in [0.05, 0.1) is 11.4 Å². The van der Waals surface area contributed by atoms with Crippen LogP contribution < -0.4 is 19.1 Å². The third-order valence-corrected chi connectivity index (χ3v) is 8.89. The number of halogens is 1. The van der Waals surface area contributed by atoms with Gasteiger partial charge in [0.1, 0.15) is 25.8 Å². The second-order valence-corrected chi connectivity index (χ2v) is 12.6. The molecule has 0 aliphatic carbocycles. The van der Waals surface area contributed by atoms with Crippen molar-refractivity contribution in [3.05, 3.63) is 88.4 Å². The number of ether oxygens (including phenoxy) is 2. The Kier molecular flexibility index (Phi) is 10.3. The zero-order valence-corrected chi connectivity index (χ0v) is 25.5. The van der Waals surface area contributed by atoms with Crippen LogP contribution in [0.3, 0.4) is 0 Å². The molecule has 1 N–H and O–H groups in total. The Morgan fingerprint density at radius 2 is 1.63 bits per heavy atom. The first-order valence-corrected chi connectivity index (χ1v) is 15.9. The number of anilines is 1. The van der Waals surface area contributed by atoms with Crippen LogP contribution in [0, 0.1) is 0 Å². The minimum atomic E-state index is -3.88. The Bertz CT molecular complexity index is 1470. The van der Waals surface area contributed by atoms with Crippen LogP contribution in [0.4, 0.5) is 5.69 Å². The van der Waals surface area contributed by atoms with Crippen molar-refractivity contribution >= 4 is 43.5 Å². The highest BCUT2D eigenvalue weighted by molar-refractivity contribution is 9.10. The van der Waals surface area contributed by atoms with Crippen molar-refractivity contribution in [1.29, 1.82) is 0 Å². The number of carbonyl (C=O) groups excluding carboxylic acids is 2. The van der Waals surface area contributed by atoms with E-state index in [-0.39, 0.29) is 30.3 Å². The van der Waals surface area contributed by atoms with E-state index in [4.69, 9.17) is 9.47 Å². The number of benzene rings is 3. The van der Waals surface area contributed by atoms with E-state index in [1.165, 1.54) is 11.8 Å². The van der Waals surface area contributed by atoms with Gasteiger partial charge in [-0.25, -0.2) is 8.42 Å². The molecule has 0 fully saturated rings. The fourth-order valence-corrected chi connectivity index (χ4v) is 6.09. The number of nitrogens with one attached hydrogen (secondary N) is 1. The number of nitrogens with zero attached hydrogens (tertiary/aromatic N) is 2. The molecule has 3 aromatic rings. The first-order chi connectivity index (χ1) is 19.7. The van der Waals surface area contributed by atoms with Crippen LogP contribution in [0.1, 0.15) is 25.0 Å². The molecule has 0 radical (unpaired) electrons. The molecule has 3 aromatic carbocycles. The molecule has 1 atom stereocenters. The number of amides is 2. The third kappa shape index (κ3) is 7.80. The summed E-state index contributed by atoms with van der Waals surface area (Å²) in [5.41, 5.74) is 1.95. The minimum Gasteiger partial charge on any atom is -0.486 e. The maximum absolute atomic E-state index is 14.2. The van der Waals surface area contributed by atoms with E-state index in [1.807, 2.05) is 61.5 Å². The highest BCUT2D eigenvalue weighted by Crippen LogP contribution is 2.35. The number of rotatable bonds is 12. The molecule has 0 unspecified atom stereocenters. The van der Waals surface area contributed by atoms with Gasteiger partial charge >= 0.3 is 0 Å². The molecular weight excluding hydrogens is 610 g/mol. The van der Waals surface area contributed by atoms with E-state index in [9.17, 15) is 18.0 Å². The smallest absolute Gasteiger partial charge is 0.244 e. The Hall–Kier alpha value is -3.57. The summed E-state index contributed by atoms with van der Waals surface area (Å²) in [7, 11) is -3.88. The van der Waals surface area contributed by atoms with Crippen LogP contribution in [0.5, 0.6) is 11.5 Å². The van der Waals surface area contributed by atoms with Gasteiger partial charge in [-0.2, -0.15) is 0 Å². The van der Waals surface area contributed by atoms with Gasteiger partial charge in [0.25, 0.3) is 0 Å². The molecule has 0 aromatic heterocycles. The summed E-state index contributed by atoms with van der Waals surface area (Å²) in [6.07, 6.45) is 0.261. The summed E-state index contributed by atoms with van der Waals surface area (Å²) in [5.74, 6) is -0.124. The lowest BCUT2D eigenvalue weighted by Gasteiger charge is -2.34. The van der Waals surface area contributed by atoms with E-state index < -0.39 is 28.5 Å². The fourth-order valence-electron chi connectivity index (χ4n) is 4.58. The summed E-state index contributed by atoms with van der Waals surface area (Å²) in [6, 6.07) is 20.8. The molecule has 0 spiro atoms. The predicted molar refractivity (Wildman–Crippen MR) is 162 cm³/mol. The van der Waals surface area contributed by atoms with E-state index in [0.29, 0.717) is 31.3 Å². The van der Waals surface area contributed by atoms with E-state index in [1.54, 1.807) is 18.2 Å². The lowest BCUT2D eigenvalue weighted by atomic mass is 10.0. The number of hydrogen-bond donors (Lipinski definition) is 1. The fraction of sp³-hybridized carbons (Fsp3) is 0.333. The standard InChI is InChI=1S/C30H34BrN3O6S/c1-3-32-30(36)26(18-22-9-6-5-7-10-22)33(20-23-11-8-12-24(31)17-23)29(35)21-34(41(37,38)4-2)25-13-14-27-28(19-25)40-16-15-39-27/h5-14,17,19,26H,3-4,15-16,18,20-21H2,1-2H3,(H,32,36)/t26-/m1/s1. The van der Waals surface area contributed by atoms with Crippen LogP contribution >= 0.6 is 15.9 Å². The van der Waals surface area contributed by atoms with Crippen molar-refractivity contribution in [3.8, 4) is 11.5 Å². The molecule has 9 nitrogen and oxygen atoms in total. The lowest BCUT2D eigenvalue weighted by Crippen LogP contribution is -2.53. The zero-order chi connectivity index (χ0) is 29.4. The van der Waals surface area contributed by atoms with Gasteiger partial charge in [-0.3, -0.25) is 13.9 Å². The first kappa shape index (κ1) is 30.4. The van der Waals surface area contributed by atoms with Gasteiger partial charge in [0.15, 0.2) is 11.5 Å². The van der Waals surface area contributed by atoms with Crippen LogP contribution in [-0.4, -0.2) is 63.2 Å².